The number of rotatable bonds is 3. The van der Waals surface area contributed by atoms with E-state index in [1.807, 2.05) is 17.0 Å². The molecule has 5 nitrogen and oxygen atoms in total. The van der Waals surface area contributed by atoms with E-state index in [0.29, 0.717) is 32.6 Å². The lowest BCUT2D eigenvalue weighted by molar-refractivity contribution is -0.138. The molecule has 1 aromatic heterocycles. The van der Waals surface area contributed by atoms with Crippen LogP contribution in [-0.4, -0.2) is 52.8 Å². The van der Waals surface area contributed by atoms with Gasteiger partial charge >= 0.3 is 0 Å². The van der Waals surface area contributed by atoms with E-state index < -0.39 is 0 Å². The van der Waals surface area contributed by atoms with Crippen molar-refractivity contribution in [2.75, 3.05) is 26.2 Å². The minimum atomic E-state index is 0.0856. The molecule has 0 spiro atoms. The number of piperazine rings is 1. The summed E-state index contributed by atoms with van der Waals surface area (Å²) in [5, 5.41) is 0. The first kappa shape index (κ1) is 13.5. The lowest BCUT2D eigenvalue weighted by Crippen LogP contribution is -2.50. The molecule has 1 aliphatic heterocycles. The molecule has 0 aromatic carbocycles. The summed E-state index contributed by atoms with van der Waals surface area (Å²) >= 11 is 0. The summed E-state index contributed by atoms with van der Waals surface area (Å²) in [6, 6.07) is 3.86. The van der Waals surface area contributed by atoms with E-state index in [-0.39, 0.29) is 11.8 Å². The highest BCUT2D eigenvalue weighted by molar-refractivity contribution is 5.77. The van der Waals surface area contributed by atoms with Crippen molar-refractivity contribution in [2.24, 2.45) is 0 Å². The molecule has 0 N–H and O–H groups in total. The fraction of sp³-hybridized carbons (Fsp3) is 0.500. The molecule has 0 atom stereocenters. The van der Waals surface area contributed by atoms with E-state index in [2.05, 4.69) is 4.98 Å². The van der Waals surface area contributed by atoms with Crippen LogP contribution >= 0.6 is 0 Å². The molecule has 2 amide bonds. The normalized spacial score (nSPS) is 15.4. The van der Waals surface area contributed by atoms with Crippen molar-refractivity contribution < 1.29 is 9.59 Å². The number of carbonyl (C=O) groups is 2. The summed E-state index contributed by atoms with van der Waals surface area (Å²) in [4.78, 5) is 30.9. The van der Waals surface area contributed by atoms with Crippen LogP contribution < -0.4 is 0 Å². The molecule has 1 fully saturated rings. The molecule has 102 valence electrons. The van der Waals surface area contributed by atoms with Crippen molar-refractivity contribution in [3.8, 4) is 0 Å². The van der Waals surface area contributed by atoms with Crippen molar-refractivity contribution in [3.63, 3.8) is 0 Å². The van der Waals surface area contributed by atoms with E-state index in [1.54, 1.807) is 24.2 Å². The Morgan fingerprint density at radius 2 is 1.89 bits per heavy atom. The Morgan fingerprint density at radius 1 is 1.21 bits per heavy atom. The zero-order valence-electron chi connectivity index (χ0n) is 11.2. The Balaban J connectivity index is 1.77. The fourth-order valence-electron chi connectivity index (χ4n) is 2.23. The van der Waals surface area contributed by atoms with Gasteiger partial charge in [-0.1, -0.05) is 6.07 Å². The van der Waals surface area contributed by atoms with E-state index >= 15 is 0 Å². The Morgan fingerprint density at radius 3 is 2.47 bits per heavy atom. The molecule has 2 heterocycles. The number of aryl methyl sites for hydroxylation is 1. The molecule has 19 heavy (non-hydrogen) atoms. The lowest BCUT2D eigenvalue weighted by atomic mass is 10.1. The Hall–Kier alpha value is -1.91. The van der Waals surface area contributed by atoms with E-state index in [4.69, 9.17) is 0 Å². The Labute approximate surface area is 113 Å². The summed E-state index contributed by atoms with van der Waals surface area (Å²) < 4.78 is 0. The number of hydrogen-bond donors (Lipinski definition) is 0. The molecule has 1 aromatic rings. The van der Waals surface area contributed by atoms with Crippen LogP contribution in [0, 0.1) is 0 Å². The molecule has 1 saturated heterocycles. The van der Waals surface area contributed by atoms with Crippen LogP contribution in [0.15, 0.2) is 24.5 Å². The largest absolute Gasteiger partial charge is 0.339 e. The SMILES string of the molecule is CC(=O)N1CCN(C(=O)CCc2cccnc2)CC1. The summed E-state index contributed by atoms with van der Waals surface area (Å²) in [6.45, 7) is 4.15. The van der Waals surface area contributed by atoms with Crippen LogP contribution in [0.2, 0.25) is 0 Å². The van der Waals surface area contributed by atoms with Gasteiger partial charge in [0.1, 0.15) is 0 Å². The van der Waals surface area contributed by atoms with Gasteiger partial charge < -0.3 is 9.80 Å². The minimum absolute atomic E-state index is 0.0856. The molecule has 0 bridgehead atoms. The third-order valence-corrected chi connectivity index (χ3v) is 3.43. The van der Waals surface area contributed by atoms with Gasteiger partial charge in [-0.3, -0.25) is 14.6 Å². The lowest BCUT2D eigenvalue weighted by Gasteiger charge is -2.34. The van der Waals surface area contributed by atoms with Crippen molar-refractivity contribution in [1.29, 1.82) is 0 Å². The van der Waals surface area contributed by atoms with Gasteiger partial charge in [-0.25, -0.2) is 0 Å². The first-order valence-corrected chi connectivity index (χ1v) is 6.59. The molecular formula is C14H19N3O2. The summed E-state index contributed by atoms with van der Waals surface area (Å²) in [6.07, 6.45) is 4.75. The van der Waals surface area contributed by atoms with Crippen LogP contribution in [0.4, 0.5) is 0 Å². The van der Waals surface area contributed by atoms with Crippen LogP contribution in [0.25, 0.3) is 0 Å². The predicted octanol–water partition coefficient (Wildman–Crippen LogP) is 0.705. The Kier molecular flexibility index (Phi) is 4.49. The highest BCUT2D eigenvalue weighted by atomic mass is 16.2. The second-order valence-electron chi connectivity index (χ2n) is 4.75. The summed E-state index contributed by atoms with van der Waals surface area (Å²) in [5.41, 5.74) is 1.08. The predicted molar refractivity (Wildman–Crippen MR) is 71.4 cm³/mol. The van der Waals surface area contributed by atoms with Gasteiger partial charge in [-0.2, -0.15) is 0 Å². The van der Waals surface area contributed by atoms with Crippen molar-refractivity contribution in [2.45, 2.75) is 19.8 Å². The monoisotopic (exact) mass is 261 g/mol. The van der Waals surface area contributed by atoms with Crippen LogP contribution in [-0.2, 0) is 16.0 Å². The molecule has 0 unspecified atom stereocenters. The van der Waals surface area contributed by atoms with Crippen molar-refractivity contribution in [1.82, 2.24) is 14.8 Å². The van der Waals surface area contributed by atoms with Crippen molar-refractivity contribution >= 4 is 11.8 Å². The molecule has 2 rings (SSSR count). The number of hydrogen-bond acceptors (Lipinski definition) is 3. The van der Waals surface area contributed by atoms with Gasteiger partial charge in [-0.05, 0) is 18.1 Å². The highest BCUT2D eigenvalue weighted by Crippen LogP contribution is 2.07. The first-order valence-electron chi connectivity index (χ1n) is 6.59. The van der Waals surface area contributed by atoms with Crippen LogP contribution in [0.3, 0.4) is 0 Å². The van der Waals surface area contributed by atoms with Gasteiger partial charge in [0.2, 0.25) is 11.8 Å². The Bertz CT molecular complexity index is 439. The third-order valence-electron chi connectivity index (χ3n) is 3.43. The third kappa shape index (κ3) is 3.77. The van der Waals surface area contributed by atoms with Crippen LogP contribution in [0.5, 0.6) is 0 Å². The van der Waals surface area contributed by atoms with Gasteiger partial charge in [0.25, 0.3) is 0 Å². The number of pyridine rings is 1. The maximum absolute atomic E-state index is 12.1. The van der Waals surface area contributed by atoms with Gasteiger partial charge in [0, 0.05) is 51.9 Å². The highest BCUT2D eigenvalue weighted by Gasteiger charge is 2.21. The zero-order chi connectivity index (χ0) is 13.7. The van der Waals surface area contributed by atoms with E-state index in [1.165, 1.54) is 0 Å². The second kappa shape index (κ2) is 6.31. The molecule has 0 radical (unpaired) electrons. The van der Waals surface area contributed by atoms with Gasteiger partial charge in [0.05, 0.1) is 0 Å². The average molecular weight is 261 g/mol. The molecule has 0 aliphatic carbocycles. The van der Waals surface area contributed by atoms with Gasteiger partial charge in [-0.15, -0.1) is 0 Å². The summed E-state index contributed by atoms with van der Waals surface area (Å²) in [5.74, 6) is 0.245. The number of carbonyl (C=O) groups excluding carboxylic acids is 2. The average Bonchev–Trinajstić information content (AvgIpc) is 2.46. The zero-order valence-corrected chi connectivity index (χ0v) is 11.2. The fourth-order valence-corrected chi connectivity index (χ4v) is 2.23. The maximum Gasteiger partial charge on any atom is 0.223 e. The topological polar surface area (TPSA) is 53.5 Å². The molecular weight excluding hydrogens is 242 g/mol. The number of amides is 2. The second-order valence-corrected chi connectivity index (χ2v) is 4.75. The molecule has 1 aliphatic rings. The summed E-state index contributed by atoms with van der Waals surface area (Å²) in [7, 11) is 0. The standard InChI is InChI=1S/C14H19N3O2/c1-12(18)16-7-9-17(10-8-16)14(19)5-4-13-3-2-6-15-11-13/h2-3,6,11H,4-5,7-10H2,1H3. The number of aromatic nitrogens is 1. The van der Waals surface area contributed by atoms with Gasteiger partial charge in [0.15, 0.2) is 0 Å². The van der Waals surface area contributed by atoms with Crippen molar-refractivity contribution in [3.05, 3.63) is 30.1 Å². The molecule has 5 heteroatoms. The molecule has 0 saturated carbocycles. The number of nitrogens with zero attached hydrogens (tertiary/aromatic N) is 3. The van der Waals surface area contributed by atoms with E-state index in [0.717, 1.165) is 12.0 Å². The minimum Gasteiger partial charge on any atom is -0.339 e. The van der Waals surface area contributed by atoms with E-state index in [9.17, 15) is 9.59 Å². The smallest absolute Gasteiger partial charge is 0.223 e. The quantitative estimate of drug-likeness (QED) is 0.805. The first-order chi connectivity index (χ1) is 9.16. The van der Waals surface area contributed by atoms with Crippen LogP contribution in [0.1, 0.15) is 18.9 Å². The maximum atomic E-state index is 12.1.